The van der Waals surface area contributed by atoms with Crippen LogP contribution in [0.4, 0.5) is 8.78 Å². The molecule has 1 saturated heterocycles. The van der Waals surface area contributed by atoms with Crippen LogP contribution in [0.3, 0.4) is 0 Å². The molecule has 0 bridgehead atoms. The lowest BCUT2D eigenvalue weighted by Crippen LogP contribution is -2.46. The molecule has 20 heavy (non-hydrogen) atoms. The number of benzene rings is 1. The Morgan fingerprint density at radius 2 is 2.05 bits per heavy atom. The Morgan fingerprint density at radius 1 is 1.30 bits per heavy atom. The molecule has 2 nitrogen and oxygen atoms in total. The molecule has 1 N–H and O–H groups in total. The van der Waals surface area contributed by atoms with Crippen molar-refractivity contribution in [2.75, 3.05) is 13.2 Å². The molecular formula is C16H23F2NO. The van der Waals surface area contributed by atoms with Gasteiger partial charge in [0.2, 0.25) is 0 Å². The minimum Gasteiger partial charge on any atom is -0.373 e. The van der Waals surface area contributed by atoms with Crippen LogP contribution in [0.1, 0.15) is 50.3 Å². The molecule has 0 aliphatic carbocycles. The first kappa shape index (κ1) is 15.4. The fraction of sp³-hybridized carbons (Fsp3) is 0.625. The van der Waals surface area contributed by atoms with Crippen LogP contribution < -0.4 is 5.32 Å². The molecule has 2 atom stereocenters. The zero-order chi connectivity index (χ0) is 14.8. The first-order valence-electron chi connectivity index (χ1n) is 7.31. The number of rotatable bonds is 4. The standard InChI is InChI=1S/C16H23F2NO/c1-4-19-15(16(3)9-5-6-10-20-16)12-8-7-11(2)13(17)14(12)18/h7-8,15,19H,4-6,9-10H2,1-3H3. The zero-order valence-corrected chi connectivity index (χ0v) is 12.4. The molecule has 1 aromatic carbocycles. The van der Waals surface area contributed by atoms with Crippen LogP contribution in [0.5, 0.6) is 0 Å². The monoisotopic (exact) mass is 283 g/mol. The fourth-order valence-electron chi connectivity index (χ4n) is 2.93. The molecule has 0 amide bonds. The Labute approximate surface area is 119 Å². The summed E-state index contributed by atoms with van der Waals surface area (Å²) < 4.78 is 34.0. The first-order valence-corrected chi connectivity index (χ1v) is 7.31. The predicted molar refractivity (Wildman–Crippen MR) is 75.7 cm³/mol. The summed E-state index contributed by atoms with van der Waals surface area (Å²) in [6.07, 6.45) is 2.92. The summed E-state index contributed by atoms with van der Waals surface area (Å²) in [5.41, 5.74) is 0.201. The quantitative estimate of drug-likeness (QED) is 0.905. The lowest BCUT2D eigenvalue weighted by Gasteiger charge is -2.41. The van der Waals surface area contributed by atoms with Gasteiger partial charge < -0.3 is 10.1 Å². The van der Waals surface area contributed by atoms with Gasteiger partial charge in [0.25, 0.3) is 0 Å². The molecule has 1 heterocycles. The lowest BCUT2D eigenvalue weighted by atomic mass is 9.83. The second-order valence-electron chi connectivity index (χ2n) is 5.71. The van der Waals surface area contributed by atoms with Gasteiger partial charge in [-0.3, -0.25) is 0 Å². The van der Waals surface area contributed by atoms with Crippen molar-refractivity contribution < 1.29 is 13.5 Å². The normalized spacial score (nSPS) is 24.6. The lowest BCUT2D eigenvalue weighted by molar-refractivity contribution is -0.0902. The molecule has 1 aromatic rings. The number of ether oxygens (including phenoxy) is 1. The maximum Gasteiger partial charge on any atom is 0.163 e. The van der Waals surface area contributed by atoms with E-state index in [2.05, 4.69) is 5.32 Å². The predicted octanol–water partition coefficient (Wildman–Crippen LogP) is 3.88. The molecule has 1 aliphatic heterocycles. The smallest absolute Gasteiger partial charge is 0.163 e. The van der Waals surface area contributed by atoms with Crippen molar-refractivity contribution in [2.24, 2.45) is 0 Å². The number of aryl methyl sites for hydroxylation is 1. The molecule has 2 unspecified atom stereocenters. The van der Waals surface area contributed by atoms with Gasteiger partial charge >= 0.3 is 0 Å². The SMILES string of the molecule is CCNC(c1ccc(C)c(F)c1F)C1(C)CCCCO1. The number of hydrogen-bond acceptors (Lipinski definition) is 2. The van der Waals surface area contributed by atoms with Gasteiger partial charge in [-0.1, -0.05) is 19.1 Å². The molecule has 1 fully saturated rings. The summed E-state index contributed by atoms with van der Waals surface area (Å²) in [6.45, 7) is 6.87. The van der Waals surface area contributed by atoms with Crippen molar-refractivity contribution in [1.82, 2.24) is 5.32 Å². The van der Waals surface area contributed by atoms with E-state index in [1.165, 1.54) is 0 Å². The van der Waals surface area contributed by atoms with E-state index in [1.54, 1.807) is 19.1 Å². The van der Waals surface area contributed by atoms with Crippen molar-refractivity contribution in [1.29, 1.82) is 0 Å². The highest BCUT2D eigenvalue weighted by molar-refractivity contribution is 5.30. The summed E-state index contributed by atoms with van der Waals surface area (Å²) >= 11 is 0. The van der Waals surface area contributed by atoms with Gasteiger partial charge in [-0.2, -0.15) is 0 Å². The third kappa shape index (κ3) is 2.86. The van der Waals surface area contributed by atoms with E-state index in [1.807, 2.05) is 13.8 Å². The molecule has 1 aliphatic rings. The average molecular weight is 283 g/mol. The zero-order valence-electron chi connectivity index (χ0n) is 12.4. The van der Waals surface area contributed by atoms with Crippen molar-refractivity contribution in [3.8, 4) is 0 Å². The Balaban J connectivity index is 2.40. The number of nitrogens with one attached hydrogen (secondary N) is 1. The largest absolute Gasteiger partial charge is 0.373 e. The molecule has 0 saturated carbocycles. The van der Waals surface area contributed by atoms with E-state index in [0.717, 1.165) is 19.3 Å². The van der Waals surface area contributed by atoms with Gasteiger partial charge in [0.15, 0.2) is 11.6 Å². The van der Waals surface area contributed by atoms with E-state index in [-0.39, 0.29) is 6.04 Å². The first-order chi connectivity index (χ1) is 9.49. The third-order valence-electron chi connectivity index (χ3n) is 4.13. The van der Waals surface area contributed by atoms with Crippen molar-refractivity contribution in [3.05, 3.63) is 34.9 Å². The molecular weight excluding hydrogens is 260 g/mol. The van der Waals surface area contributed by atoms with Gasteiger partial charge in [0.05, 0.1) is 11.6 Å². The summed E-state index contributed by atoms with van der Waals surface area (Å²) in [7, 11) is 0. The van der Waals surface area contributed by atoms with Crippen molar-refractivity contribution in [2.45, 2.75) is 51.7 Å². The van der Waals surface area contributed by atoms with Crippen LogP contribution in [0, 0.1) is 18.6 Å². The van der Waals surface area contributed by atoms with E-state index >= 15 is 0 Å². The molecule has 0 spiro atoms. The highest BCUT2D eigenvalue weighted by atomic mass is 19.2. The van der Waals surface area contributed by atoms with Crippen LogP contribution in [0.2, 0.25) is 0 Å². The summed E-state index contributed by atoms with van der Waals surface area (Å²) in [4.78, 5) is 0. The van der Waals surface area contributed by atoms with Crippen molar-refractivity contribution >= 4 is 0 Å². The molecule has 0 radical (unpaired) electrons. The van der Waals surface area contributed by atoms with Gasteiger partial charge in [-0.15, -0.1) is 0 Å². The molecule has 112 valence electrons. The fourth-order valence-corrected chi connectivity index (χ4v) is 2.93. The average Bonchev–Trinajstić information content (AvgIpc) is 2.44. The van der Waals surface area contributed by atoms with E-state index < -0.39 is 17.2 Å². The number of likely N-dealkylation sites (N-methyl/N-ethyl adjacent to an activating group) is 1. The molecule has 0 aromatic heterocycles. The Morgan fingerprint density at radius 3 is 2.65 bits per heavy atom. The summed E-state index contributed by atoms with van der Waals surface area (Å²) in [5, 5.41) is 3.26. The van der Waals surface area contributed by atoms with Crippen LogP contribution in [0.15, 0.2) is 12.1 Å². The topological polar surface area (TPSA) is 21.3 Å². The van der Waals surface area contributed by atoms with E-state index in [4.69, 9.17) is 4.74 Å². The Bertz CT molecular complexity index is 470. The Kier molecular flexibility index (Phi) is 4.76. The third-order valence-corrected chi connectivity index (χ3v) is 4.13. The second-order valence-corrected chi connectivity index (χ2v) is 5.71. The second kappa shape index (κ2) is 6.19. The van der Waals surface area contributed by atoms with Crippen LogP contribution >= 0.6 is 0 Å². The molecule has 4 heteroatoms. The van der Waals surface area contributed by atoms with E-state index in [0.29, 0.717) is 24.3 Å². The highest BCUT2D eigenvalue weighted by Crippen LogP contribution is 2.38. The van der Waals surface area contributed by atoms with E-state index in [9.17, 15) is 8.78 Å². The van der Waals surface area contributed by atoms with Gasteiger partial charge in [-0.05, 0) is 45.2 Å². The van der Waals surface area contributed by atoms with Crippen LogP contribution in [0.25, 0.3) is 0 Å². The maximum atomic E-state index is 14.3. The number of halogens is 2. The summed E-state index contributed by atoms with van der Waals surface area (Å²) in [6, 6.07) is 2.97. The van der Waals surface area contributed by atoms with Gasteiger partial charge in [0.1, 0.15) is 0 Å². The summed E-state index contributed by atoms with van der Waals surface area (Å²) in [5.74, 6) is -1.52. The number of hydrogen-bond donors (Lipinski definition) is 1. The minimum atomic E-state index is -0.759. The van der Waals surface area contributed by atoms with Crippen LogP contribution in [-0.2, 0) is 4.74 Å². The minimum absolute atomic E-state index is 0.330. The van der Waals surface area contributed by atoms with Gasteiger partial charge in [-0.25, -0.2) is 8.78 Å². The van der Waals surface area contributed by atoms with Crippen LogP contribution in [-0.4, -0.2) is 18.8 Å². The Hall–Kier alpha value is -1.00. The maximum absolute atomic E-state index is 14.3. The van der Waals surface area contributed by atoms with Crippen molar-refractivity contribution in [3.63, 3.8) is 0 Å². The van der Waals surface area contributed by atoms with Gasteiger partial charge in [0, 0.05) is 12.2 Å². The molecule has 2 rings (SSSR count). The highest BCUT2D eigenvalue weighted by Gasteiger charge is 2.39.